The molecule has 2 aliphatic rings. The topological polar surface area (TPSA) is 141 Å². The Balaban J connectivity index is 1.69. The van der Waals surface area contributed by atoms with E-state index in [9.17, 15) is 10.00 Å². The molecule has 136 valence electrons. The van der Waals surface area contributed by atoms with Crippen molar-refractivity contribution < 1.29 is 24.0 Å². The van der Waals surface area contributed by atoms with Gasteiger partial charge in [0.25, 0.3) is 0 Å². The molecule has 10 nitrogen and oxygen atoms in total. The zero-order valence-electron chi connectivity index (χ0n) is 13.5. The number of imidazole rings is 1. The Morgan fingerprint density at radius 1 is 1.52 bits per heavy atom. The molecule has 0 aromatic carbocycles. The summed E-state index contributed by atoms with van der Waals surface area (Å²) >= 11 is 4.80. The Morgan fingerprint density at radius 3 is 3.00 bits per heavy atom. The summed E-state index contributed by atoms with van der Waals surface area (Å²) in [6.45, 7) is -0.194. The van der Waals surface area contributed by atoms with Gasteiger partial charge in [0, 0.05) is 0 Å². The second-order valence-electron chi connectivity index (χ2n) is 6.28. The van der Waals surface area contributed by atoms with Crippen molar-refractivity contribution in [1.29, 1.82) is 0 Å². The van der Waals surface area contributed by atoms with Gasteiger partial charge >= 0.3 is 0 Å². The van der Waals surface area contributed by atoms with Gasteiger partial charge in [0.1, 0.15) is 29.7 Å². The number of anilines is 1. The zero-order valence-corrected chi connectivity index (χ0v) is 15.2. The second kappa shape index (κ2) is 5.65. The van der Waals surface area contributed by atoms with Gasteiger partial charge < -0.3 is 29.7 Å². The molecule has 4 rings (SSSR count). The minimum Gasteiger partial charge on any atom is -0.801 e. The van der Waals surface area contributed by atoms with Crippen molar-refractivity contribution in [2.45, 2.75) is 37.1 Å². The lowest BCUT2D eigenvalue weighted by Gasteiger charge is -2.37. The summed E-state index contributed by atoms with van der Waals surface area (Å²) < 4.78 is 18.9. The molecule has 0 aliphatic carbocycles. The first-order valence-corrected chi connectivity index (χ1v) is 10.7. The van der Waals surface area contributed by atoms with Crippen molar-refractivity contribution in [2.24, 2.45) is 0 Å². The molecule has 0 amide bonds. The van der Waals surface area contributed by atoms with E-state index in [0.717, 1.165) is 0 Å². The average Bonchev–Trinajstić information content (AvgIpc) is 3.14. The molecular formula is C13H17N5O5PS-. The van der Waals surface area contributed by atoms with Crippen molar-refractivity contribution in [2.75, 3.05) is 19.0 Å². The molecule has 2 aromatic rings. The minimum atomic E-state index is -3.15. The van der Waals surface area contributed by atoms with E-state index in [-0.39, 0.29) is 12.4 Å². The third-order valence-corrected chi connectivity index (χ3v) is 5.58. The Labute approximate surface area is 148 Å². The zero-order chi connectivity index (χ0) is 18.0. The predicted molar refractivity (Wildman–Crippen MR) is 89.1 cm³/mol. The molecular weight excluding hydrogens is 369 g/mol. The normalized spacial score (nSPS) is 36.8. The molecule has 2 fully saturated rings. The van der Waals surface area contributed by atoms with Crippen molar-refractivity contribution >= 4 is 35.3 Å². The number of hydrogen-bond acceptors (Lipinski definition) is 10. The molecule has 3 N–H and O–H groups in total. The maximum absolute atomic E-state index is 11.7. The highest BCUT2D eigenvalue weighted by atomic mass is 32.5. The largest absolute Gasteiger partial charge is 0.801 e. The molecule has 6 atom stereocenters. The Bertz CT molecular complexity index is 874. The summed E-state index contributed by atoms with van der Waals surface area (Å²) in [5.41, 5.74) is 5.53. The van der Waals surface area contributed by atoms with Crippen molar-refractivity contribution in [3.05, 3.63) is 12.7 Å². The number of aromatic nitrogens is 4. The van der Waals surface area contributed by atoms with Crippen LogP contribution in [0, 0.1) is 0 Å². The third kappa shape index (κ3) is 2.58. The number of hydrogen-bond donors (Lipinski definition) is 2. The van der Waals surface area contributed by atoms with Crippen LogP contribution in [0.5, 0.6) is 0 Å². The standard InChI is InChI=1S/C13H18N5O5PS/c1-6-13(3-21-24(2,20)25)9(19)8(22-6)12(23-13)18-5-17-7-10(14)15-4-16-11(7)18/h4-6,8-9,12,19H,3H2,1-2H3,(H,20,25)(H2,14,15,16)/p-1/t6-,8-,9?,12+,13-,24?/m0/s1. The number of rotatable bonds is 4. The van der Waals surface area contributed by atoms with E-state index in [1.165, 1.54) is 19.3 Å². The monoisotopic (exact) mass is 386 g/mol. The summed E-state index contributed by atoms with van der Waals surface area (Å²) in [6.07, 6.45) is 0.0510. The van der Waals surface area contributed by atoms with Gasteiger partial charge in [-0.1, -0.05) is 11.8 Å². The van der Waals surface area contributed by atoms with Crippen LogP contribution in [0.2, 0.25) is 0 Å². The van der Waals surface area contributed by atoms with Gasteiger partial charge in [0.15, 0.2) is 17.7 Å². The first kappa shape index (κ1) is 17.2. The smallest absolute Gasteiger partial charge is 0.167 e. The van der Waals surface area contributed by atoms with E-state index in [1.54, 1.807) is 11.5 Å². The van der Waals surface area contributed by atoms with Crippen molar-refractivity contribution in [3.63, 3.8) is 0 Å². The molecule has 2 bridgehead atoms. The summed E-state index contributed by atoms with van der Waals surface area (Å²) in [4.78, 5) is 24.0. The molecule has 0 radical (unpaired) electrons. The van der Waals surface area contributed by atoms with Crippen LogP contribution in [0.15, 0.2) is 12.7 Å². The summed E-state index contributed by atoms with van der Waals surface area (Å²) in [5.74, 6) is 0.248. The molecule has 0 saturated carbocycles. The SMILES string of the molecule is C[C@@H]1O[C@H]2C(O)[C@@]1(COP(C)([O-])=S)O[C@H]2n1cnc2c(N)ncnc21. The number of ether oxygens (including phenoxy) is 2. The van der Waals surface area contributed by atoms with Crippen LogP contribution in [0.4, 0.5) is 5.82 Å². The van der Waals surface area contributed by atoms with Crippen LogP contribution in [0.1, 0.15) is 13.2 Å². The Kier molecular flexibility index (Phi) is 3.89. The molecule has 4 heterocycles. The molecule has 0 spiro atoms. The number of nitrogen functional groups attached to an aromatic ring is 1. The highest BCUT2D eigenvalue weighted by Gasteiger charge is 2.66. The lowest BCUT2D eigenvalue weighted by atomic mass is 9.94. The maximum atomic E-state index is 11.7. The fourth-order valence-electron chi connectivity index (χ4n) is 3.35. The van der Waals surface area contributed by atoms with E-state index in [1.807, 2.05) is 0 Å². The number of nitrogens with zero attached hydrogens (tertiary/aromatic N) is 4. The van der Waals surface area contributed by atoms with Crippen LogP contribution < -0.4 is 10.6 Å². The fourth-order valence-corrected chi connectivity index (χ4v) is 3.95. The Hall–Kier alpha value is -1.20. The molecule has 2 aromatic heterocycles. The number of nitrogens with two attached hydrogens (primary N) is 1. The molecule has 12 heteroatoms. The van der Waals surface area contributed by atoms with Gasteiger partial charge in [-0.3, -0.25) is 4.57 Å². The number of aliphatic hydroxyl groups excluding tert-OH is 1. The summed E-state index contributed by atoms with van der Waals surface area (Å²) in [7, 11) is 0. The Morgan fingerprint density at radius 2 is 2.28 bits per heavy atom. The van der Waals surface area contributed by atoms with Gasteiger partial charge in [-0.25, -0.2) is 15.0 Å². The molecule has 2 saturated heterocycles. The van der Waals surface area contributed by atoms with Gasteiger partial charge in [-0.05, 0) is 20.1 Å². The van der Waals surface area contributed by atoms with Crippen LogP contribution >= 0.6 is 6.49 Å². The lowest BCUT2D eigenvalue weighted by molar-refractivity contribution is -0.224. The van der Waals surface area contributed by atoms with Crippen LogP contribution in [0.3, 0.4) is 0 Å². The number of fused-ring (bicyclic) bond motifs is 3. The lowest BCUT2D eigenvalue weighted by Crippen LogP contribution is -2.50. The fraction of sp³-hybridized carbons (Fsp3) is 0.615. The molecule has 25 heavy (non-hydrogen) atoms. The molecule has 2 aliphatic heterocycles. The third-order valence-electron chi connectivity index (χ3n) is 4.67. The van der Waals surface area contributed by atoms with E-state index < -0.39 is 36.6 Å². The van der Waals surface area contributed by atoms with Crippen LogP contribution in [0.25, 0.3) is 11.2 Å². The van der Waals surface area contributed by atoms with E-state index >= 15 is 0 Å². The highest BCUT2D eigenvalue weighted by molar-refractivity contribution is 8.08. The van der Waals surface area contributed by atoms with Gasteiger partial charge in [0.05, 0.1) is 19.0 Å². The van der Waals surface area contributed by atoms with Crippen LogP contribution in [-0.4, -0.2) is 61.8 Å². The highest BCUT2D eigenvalue weighted by Crippen LogP contribution is 2.50. The number of aliphatic hydroxyl groups is 1. The first-order valence-electron chi connectivity index (χ1n) is 7.60. The quantitative estimate of drug-likeness (QED) is 0.638. The van der Waals surface area contributed by atoms with Gasteiger partial charge in [-0.15, -0.1) is 0 Å². The van der Waals surface area contributed by atoms with Crippen LogP contribution in [-0.2, 0) is 25.8 Å². The second-order valence-corrected chi connectivity index (χ2v) is 10.1. The van der Waals surface area contributed by atoms with Crippen molar-refractivity contribution in [3.8, 4) is 0 Å². The average molecular weight is 386 g/mol. The van der Waals surface area contributed by atoms with E-state index in [2.05, 4.69) is 15.0 Å². The van der Waals surface area contributed by atoms with Gasteiger partial charge in [-0.2, -0.15) is 0 Å². The summed E-state index contributed by atoms with van der Waals surface area (Å²) in [6, 6.07) is 0. The van der Waals surface area contributed by atoms with E-state index in [4.69, 9.17) is 31.5 Å². The predicted octanol–water partition coefficient (Wildman–Crippen LogP) is -0.859. The minimum absolute atomic E-state index is 0.136. The first-order chi connectivity index (χ1) is 11.7. The van der Waals surface area contributed by atoms with E-state index in [0.29, 0.717) is 11.2 Å². The maximum Gasteiger partial charge on any atom is 0.167 e. The van der Waals surface area contributed by atoms with Gasteiger partial charge in [0.2, 0.25) is 0 Å². The molecule has 2 unspecified atom stereocenters. The van der Waals surface area contributed by atoms with Crippen molar-refractivity contribution in [1.82, 2.24) is 19.5 Å². The summed E-state index contributed by atoms with van der Waals surface area (Å²) in [5, 5.41) is 10.7.